The Morgan fingerprint density at radius 1 is 1.11 bits per heavy atom. The summed E-state index contributed by atoms with van der Waals surface area (Å²) in [5.74, 6) is -0.449. The van der Waals surface area contributed by atoms with E-state index >= 15 is 0 Å². The van der Waals surface area contributed by atoms with Crippen LogP contribution in [0.4, 0.5) is 5.69 Å². The number of nitrogens with one attached hydrogen (secondary N) is 1. The minimum atomic E-state index is -3.73. The van der Waals surface area contributed by atoms with E-state index in [1.165, 1.54) is 12.1 Å². The van der Waals surface area contributed by atoms with Gasteiger partial charge in [-0.25, -0.2) is 17.9 Å². The van der Waals surface area contributed by atoms with Crippen molar-refractivity contribution < 1.29 is 13.2 Å². The molecule has 0 saturated carbocycles. The molecule has 28 heavy (non-hydrogen) atoms. The first-order chi connectivity index (χ1) is 13.0. The summed E-state index contributed by atoms with van der Waals surface area (Å²) in [6, 6.07) is 9.64. The molecular formula is C17H18BrN5O4S. The van der Waals surface area contributed by atoms with Gasteiger partial charge in [-0.1, -0.05) is 15.9 Å². The quantitative estimate of drug-likeness (QED) is 0.625. The normalized spacial score (nSPS) is 12.3. The van der Waals surface area contributed by atoms with Crippen LogP contribution >= 0.6 is 15.9 Å². The number of nitrogens with zero attached hydrogens (tertiary/aromatic N) is 4. The van der Waals surface area contributed by atoms with E-state index in [-0.39, 0.29) is 17.2 Å². The molecule has 0 bridgehead atoms. The molecule has 0 aliphatic heterocycles. The lowest BCUT2D eigenvalue weighted by molar-refractivity contribution is -0.117. The van der Waals surface area contributed by atoms with Gasteiger partial charge < -0.3 is 5.32 Å². The molecule has 3 rings (SSSR count). The smallest absolute Gasteiger partial charge is 0.324 e. The van der Waals surface area contributed by atoms with Crippen LogP contribution in [-0.4, -0.2) is 38.5 Å². The number of hydrogen-bond donors (Lipinski definition) is 1. The maximum atomic E-state index is 12.5. The summed E-state index contributed by atoms with van der Waals surface area (Å²) >= 11 is 3.31. The molecule has 9 nitrogen and oxygen atoms in total. The molecule has 0 aliphatic rings. The number of carbonyl (C=O) groups excluding carboxylic acids is 1. The molecule has 0 saturated heterocycles. The fourth-order valence-corrected chi connectivity index (χ4v) is 3.65. The highest BCUT2D eigenvalue weighted by Gasteiger charge is 2.32. The maximum Gasteiger partial charge on any atom is 0.367 e. The van der Waals surface area contributed by atoms with Crippen molar-refractivity contribution in [1.29, 1.82) is 0 Å². The second-order valence-corrected chi connectivity index (χ2v) is 10.6. The number of hydrogen-bond acceptors (Lipinski definition) is 6. The number of fused-ring (bicyclic) bond motifs is 1. The number of carbonyl (C=O) groups is 1. The van der Waals surface area contributed by atoms with E-state index in [0.717, 1.165) is 13.7 Å². The minimum absolute atomic E-state index is 0.148. The van der Waals surface area contributed by atoms with Crippen LogP contribution in [0.25, 0.3) is 5.65 Å². The monoisotopic (exact) mass is 467 g/mol. The van der Waals surface area contributed by atoms with Crippen molar-refractivity contribution in [3.63, 3.8) is 0 Å². The Balaban J connectivity index is 1.89. The molecule has 1 amide bonds. The Morgan fingerprint density at radius 3 is 2.36 bits per heavy atom. The molecule has 3 aromatic rings. The Kier molecular flexibility index (Phi) is 5.15. The molecule has 2 aromatic heterocycles. The van der Waals surface area contributed by atoms with Crippen molar-refractivity contribution in [3.8, 4) is 0 Å². The largest absolute Gasteiger partial charge is 0.367 e. The van der Waals surface area contributed by atoms with Crippen molar-refractivity contribution in [2.45, 2.75) is 37.1 Å². The Bertz CT molecular complexity index is 1210. The fourth-order valence-electron chi connectivity index (χ4n) is 2.32. The van der Waals surface area contributed by atoms with E-state index in [0.29, 0.717) is 5.69 Å². The average molecular weight is 468 g/mol. The van der Waals surface area contributed by atoms with E-state index in [2.05, 4.69) is 31.4 Å². The van der Waals surface area contributed by atoms with Crippen LogP contribution < -0.4 is 11.0 Å². The van der Waals surface area contributed by atoms with Gasteiger partial charge in [-0.2, -0.15) is 4.52 Å². The van der Waals surface area contributed by atoms with Crippen molar-refractivity contribution in [3.05, 3.63) is 51.4 Å². The van der Waals surface area contributed by atoms with Crippen molar-refractivity contribution in [1.82, 2.24) is 19.4 Å². The molecule has 0 radical (unpaired) electrons. The number of sulfone groups is 1. The first kappa shape index (κ1) is 20.2. The van der Waals surface area contributed by atoms with Crippen LogP contribution in [0.5, 0.6) is 0 Å². The summed E-state index contributed by atoms with van der Waals surface area (Å²) in [6.45, 7) is 4.31. The third kappa shape index (κ3) is 3.85. The van der Waals surface area contributed by atoms with E-state index in [4.69, 9.17) is 0 Å². The molecule has 0 unspecified atom stereocenters. The zero-order valence-electron chi connectivity index (χ0n) is 15.4. The Labute approximate surface area is 169 Å². The molecule has 11 heteroatoms. The van der Waals surface area contributed by atoms with Gasteiger partial charge in [-0.15, -0.1) is 10.2 Å². The summed E-state index contributed by atoms with van der Waals surface area (Å²) in [5, 5.41) is 10.4. The summed E-state index contributed by atoms with van der Waals surface area (Å²) in [4.78, 5) is 24.7. The van der Waals surface area contributed by atoms with Gasteiger partial charge in [0.2, 0.25) is 15.7 Å². The van der Waals surface area contributed by atoms with E-state index in [1.54, 1.807) is 45.0 Å². The number of amides is 1. The van der Waals surface area contributed by atoms with Crippen molar-refractivity contribution >= 4 is 43.0 Å². The minimum Gasteiger partial charge on any atom is -0.324 e. The van der Waals surface area contributed by atoms with Gasteiger partial charge in [0.1, 0.15) is 6.54 Å². The second-order valence-electron chi connectivity index (χ2n) is 7.05. The van der Waals surface area contributed by atoms with Gasteiger partial charge in [-0.05, 0) is 57.2 Å². The van der Waals surface area contributed by atoms with Gasteiger partial charge in [-0.3, -0.25) is 4.79 Å². The lowest BCUT2D eigenvalue weighted by atomic mass is 10.3. The molecule has 1 N–H and O–H groups in total. The van der Waals surface area contributed by atoms with Gasteiger partial charge >= 0.3 is 5.69 Å². The van der Waals surface area contributed by atoms with Crippen LogP contribution in [0, 0.1) is 0 Å². The lowest BCUT2D eigenvalue weighted by Gasteiger charge is -2.17. The van der Waals surface area contributed by atoms with Gasteiger partial charge in [0.05, 0.1) is 4.75 Å². The summed E-state index contributed by atoms with van der Waals surface area (Å²) in [7, 11) is -3.73. The predicted octanol–water partition coefficient (Wildman–Crippen LogP) is 1.86. The Morgan fingerprint density at radius 2 is 1.75 bits per heavy atom. The Hall–Kier alpha value is -2.53. The van der Waals surface area contributed by atoms with Crippen LogP contribution in [-0.2, 0) is 21.2 Å². The molecule has 0 spiro atoms. The fraction of sp³-hybridized carbons (Fsp3) is 0.294. The maximum absolute atomic E-state index is 12.5. The number of anilines is 1. The summed E-state index contributed by atoms with van der Waals surface area (Å²) < 4.78 is 26.7. The highest BCUT2D eigenvalue weighted by Crippen LogP contribution is 2.22. The second kappa shape index (κ2) is 7.13. The van der Waals surface area contributed by atoms with Gasteiger partial charge in [0, 0.05) is 10.2 Å². The van der Waals surface area contributed by atoms with Gasteiger partial charge in [0.25, 0.3) is 0 Å². The molecule has 0 atom stereocenters. The standard InChI is InChI=1S/C17H18BrN5O4S/c1-17(2,3)28(26,27)15-9-8-13-20-22(16(25)23(13)21-15)10-14(24)19-12-6-4-11(18)5-7-12/h4-9H,10H2,1-3H3,(H,19,24). The van der Waals surface area contributed by atoms with Crippen molar-refractivity contribution in [2.75, 3.05) is 5.32 Å². The van der Waals surface area contributed by atoms with Crippen LogP contribution in [0.2, 0.25) is 0 Å². The summed E-state index contributed by atoms with van der Waals surface area (Å²) in [5.41, 5.74) is 0.0166. The average Bonchev–Trinajstić information content (AvgIpc) is 2.91. The van der Waals surface area contributed by atoms with Crippen LogP contribution in [0.1, 0.15) is 20.8 Å². The highest BCUT2D eigenvalue weighted by atomic mass is 79.9. The predicted molar refractivity (Wildman–Crippen MR) is 107 cm³/mol. The molecule has 1 aromatic carbocycles. The van der Waals surface area contributed by atoms with Crippen LogP contribution in [0.3, 0.4) is 0 Å². The number of benzene rings is 1. The molecular weight excluding hydrogens is 450 g/mol. The van der Waals surface area contributed by atoms with Crippen LogP contribution in [0.15, 0.2) is 50.7 Å². The first-order valence-electron chi connectivity index (χ1n) is 8.26. The highest BCUT2D eigenvalue weighted by molar-refractivity contribution is 9.10. The molecule has 2 heterocycles. The zero-order valence-corrected chi connectivity index (χ0v) is 17.8. The lowest BCUT2D eigenvalue weighted by Crippen LogP contribution is -2.31. The number of rotatable bonds is 4. The SMILES string of the molecule is CC(C)(C)S(=O)(=O)c1ccc2nn(CC(=O)Nc3ccc(Br)cc3)c(=O)n2n1. The number of aromatic nitrogens is 4. The molecule has 0 fully saturated rings. The van der Waals surface area contributed by atoms with E-state index in [9.17, 15) is 18.0 Å². The van der Waals surface area contributed by atoms with E-state index < -0.39 is 26.2 Å². The third-order valence-corrected chi connectivity index (χ3v) is 6.83. The molecule has 0 aliphatic carbocycles. The third-order valence-electron chi connectivity index (χ3n) is 3.92. The van der Waals surface area contributed by atoms with E-state index in [1.807, 2.05) is 0 Å². The topological polar surface area (TPSA) is 115 Å². The summed E-state index contributed by atoms with van der Waals surface area (Å²) in [6.07, 6.45) is 0. The van der Waals surface area contributed by atoms with Gasteiger partial charge in [0.15, 0.2) is 10.7 Å². The van der Waals surface area contributed by atoms with Crippen molar-refractivity contribution in [2.24, 2.45) is 0 Å². The number of halogens is 1. The zero-order chi connectivity index (χ0) is 20.7. The first-order valence-corrected chi connectivity index (χ1v) is 10.5. The molecule has 148 valence electrons.